The van der Waals surface area contributed by atoms with Crippen molar-refractivity contribution in [2.45, 2.75) is 24.7 Å². The third-order valence-electron chi connectivity index (χ3n) is 5.55. The standard InChI is InChI=1S/C21H34N4O3S.HI/c1-3-22-21(23-10-8-18-4-6-20(7-5-18)29(2,26)27)25-11-9-19(17-25)16-24-12-14-28-15-13-24;/h4-7,19H,3,8-17H2,1-2H3,(H,22,23);1H. The maximum atomic E-state index is 11.6. The normalized spacial score (nSPS) is 20.8. The van der Waals surface area contributed by atoms with Crippen LogP contribution in [0.3, 0.4) is 0 Å². The molecule has 0 radical (unpaired) electrons. The first-order valence-corrected chi connectivity index (χ1v) is 12.5. The number of ether oxygens (including phenoxy) is 1. The van der Waals surface area contributed by atoms with E-state index in [9.17, 15) is 8.42 Å². The van der Waals surface area contributed by atoms with Gasteiger partial charge in [0.15, 0.2) is 15.8 Å². The molecule has 3 rings (SSSR count). The van der Waals surface area contributed by atoms with Crippen LogP contribution in [0.5, 0.6) is 0 Å². The number of halogens is 1. The summed E-state index contributed by atoms with van der Waals surface area (Å²) in [5, 5.41) is 3.43. The molecule has 9 heteroatoms. The Morgan fingerprint density at radius 2 is 1.90 bits per heavy atom. The van der Waals surface area contributed by atoms with Gasteiger partial charge in [-0.3, -0.25) is 9.89 Å². The number of nitrogens with one attached hydrogen (secondary N) is 1. The lowest BCUT2D eigenvalue weighted by molar-refractivity contribution is 0.0315. The fourth-order valence-electron chi connectivity index (χ4n) is 3.94. The number of guanidine groups is 1. The molecule has 1 unspecified atom stereocenters. The Morgan fingerprint density at radius 1 is 1.20 bits per heavy atom. The molecule has 0 saturated carbocycles. The number of nitrogens with zero attached hydrogens (tertiary/aromatic N) is 3. The number of likely N-dealkylation sites (tertiary alicyclic amines) is 1. The molecule has 170 valence electrons. The molecule has 0 amide bonds. The minimum absolute atomic E-state index is 0. The molecule has 0 aromatic heterocycles. The summed E-state index contributed by atoms with van der Waals surface area (Å²) in [4.78, 5) is 10.1. The van der Waals surface area contributed by atoms with Gasteiger partial charge in [0.1, 0.15) is 0 Å². The summed E-state index contributed by atoms with van der Waals surface area (Å²) in [6, 6.07) is 7.12. The molecule has 1 N–H and O–H groups in total. The highest BCUT2D eigenvalue weighted by Gasteiger charge is 2.27. The molecule has 1 aromatic rings. The van der Waals surface area contributed by atoms with E-state index in [0.717, 1.165) is 70.4 Å². The predicted octanol–water partition coefficient (Wildman–Crippen LogP) is 1.87. The SMILES string of the molecule is CCNC(=NCCc1ccc(S(C)(=O)=O)cc1)N1CCC(CN2CCOCC2)C1.I. The highest BCUT2D eigenvalue weighted by molar-refractivity contribution is 14.0. The van der Waals surface area contributed by atoms with Gasteiger partial charge in [0.05, 0.1) is 18.1 Å². The Morgan fingerprint density at radius 3 is 2.53 bits per heavy atom. The molecule has 30 heavy (non-hydrogen) atoms. The number of benzene rings is 1. The van der Waals surface area contributed by atoms with Gasteiger partial charge < -0.3 is 15.0 Å². The van der Waals surface area contributed by atoms with Gasteiger partial charge in [-0.15, -0.1) is 24.0 Å². The van der Waals surface area contributed by atoms with Gasteiger partial charge in [-0.2, -0.15) is 0 Å². The first kappa shape index (κ1) is 25.4. The number of hydrogen-bond donors (Lipinski definition) is 1. The topological polar surface area (TPSA) is 74.2 Å². The zero-order valence-corrected chi connectivity index (χ0v) is 21.2. The molecule has 2 aliphatic heterocycles. The number of sulfone groups is 1. The van der Waals surface area contributed by atoms with Gasteiger partial charge in [0.2, 0.25) is 0 Å². The van der Waals surface area contributed by atoms with Crippen LogP contribution < -0.4 is 5.32 Å². The molecule has 2 saturated heterocycles. The van der Waals surface area contributed by atoms with Crippen LogP contribution in [0.4, 0.5) is 0 Å². The first-order valence-electron chi connectivity index (χ1n) is 10.6. The zero-order chi connectivity index (χ0) is 20.7. The molecule has 1 aromatic carbocycles. The van der Waals surface area contributed by atoms with Crippen LogP contribution in [-0.4, -0.2) is 89.5 Å². The zero-order valence-electron chi connectivity index (χ0n) is 18.0. The minimum Gasteiger partial charge on any atom is -0.379 e. The average Bonchev–Trinajstić information content (AvgIpc) is 3.16. The van der Waals surface area contributed by atoms with Crippen molar-refractivity contribution in [3.05, 3.63) is 29.8 Å². The van der Waals surface area contributed by atoms with Crippen LogP contribution in [0.15, 0.2) is 34.2 Å². The molecule has 0 spiro atoms. The van der Waals surface area contributed by atoms with Crippen molar-refractivity contribution in [1.29, 1.82) is 0 Å². The monoisotopic (exact) mass is 550 g/mol. The summed E-state index contributed by atoms with van der Waals surface area (Å²) in [6.07, 6.45) is 3.23. The van der Waals surface area contributed by atoms with Crippen molar-refractivity contribution >= 4 is 39.8 Å². The lowest BCUT2D eigenvalue weighted by Gasteiger charge is -2.29. The molecule has 2 aliphatic rings. The molecular weight excluding hydrogens is 515 g/mol. The fourth-order valence-corrected chi connectivity index (χ4v) is 4.57. The average molecular weight is 551 g/mol. The van der Waals surface area contributed by atoms with Crippen LogP contribution in [0.1, 0.15) is 18.9 Å². The summed E-state index contributed by atoms with van der Waals surface area (Å²) in [5.74, 6) is 1.67. The second-order valence-corrected chi connectivity index (χ2v) is 9.93. The first-order chi connectivity index (χ1) is 14.0. The molecule has 0 aliphatic carbocycles. The number of hydrogen-bond acceptors (Lipinski definition) is 5. The van der Waals surface area contributed by atoms with Gasteiger partial charge in [-0.1, -0.05) is 12.1 Å². The number of morpholine rings is 1. The van der Waals surface area contributed by atoms with Crippen molar-refractivity contribution in [3.8, 4) is 0 Å². The van der Waals surface area contributed by atoms with Crippen molar-refractivity contribution in [1.82, 2.24) is 15.1 Å². The van der Waals surface area contributed by atoms with Crippen LogP contribution >= 0.6 is 24.0 Å². The van der Waals surface area contributed by atoms with Crippen molar-refractivity contribution in [2.24, 2.45) is 10.9 Å². The Bertz CT molecular complexity index is 780. The lowest BCUT2D eigenvalue weighted by Crippen LogP contribution is -2.42. The highest BCUT2D eigenvalue weighted by Crippen LogP contribution is 2.18. The van der Waals surface area contributed by atoms with Gasteiger partial charge in [0.25, 0.3) is 0 Å². The Labute approximate surface area is 198 Å². The van der Waals surface area contributed by atoms with E-state index in [2.05, 4.69) is 22.0 Å². The summed E-state index contributed by atoms with van der Waals surface area (Å²) < 4.78 is 28.6. The van der Waals surface area contributed by atoms with Gasteiger partial charge >= 0.3 is 0 Å². The second-order valence-electron chi connectivity index (χ2n) is 7.92. The highest BCUT2D eigenvalue weighted by atomic mass is 127. The molecular formula is C21H35IN4O3S. The molecule has 7 nitrogen and oxygen atoms in total. The van der Waals surface area contributed by atoms with E-state index >= 15 is 0 Å². The van der Waals surface area contributed by atoms with Crippen molar-refractivity contribution in [2.75, 3.05) is 65.3 Å². The predicted molar refractivity (Wildman–Crippen MR) is 132 cm³/mol. The van der Waals surface area contributed by atoms with E-state index < -0.39 is 9.84 Å². The third kappa shape index (κ3) is 7.65. The number of rotatable bonds is 7. The molecule has 1 atom stereocenters. The van der Waals surface area contributed by atoms with E-state index in [1.54, 1.807) is 12.1 Å². The van der Waals surface area contributed by atoms with Gasteiger partial charge in [0, 0.05) is 52.1 Å². The van der Waals surface area contributed by atoms with Crippen LogP contribution in [-0.2, 0) is 21.0 Å². The van der Waals surface area contributed by atoms with Crippen molar-refractivity contribution < 1.29 is 13.2 Å². The maximum Gasteiger partial charge on any atom is 0.193 e. The van der Waals surface area contributed by atoms with E-state index in [-0.39, 0.29) is 24.0 Å². The fraction of sp³-hybridized carbons (Fsp3) is 0.667. The molecule has 0 bridgehead atoms. The smallest absolute Gasteiger partial charge is 0.193 e. The largest absolute Gasteiger partial charge is 0.379 e. The molecule has 2 fully saturated rings. The van der Waals surface area contributed by atoms with Crippen LogP contribution in [0, 0.1) is 5.92 Å². The van der Waals surface area contributed by atoms with Crippen molar-refractivity contribution in [3.63, 3.8) is 0 Å². The Balaban J connectivity index is 0.00000320. The van der Waals surface area contributed by atoms with E-state index in [4.69, 9.17) is 9.73 Å². The number of aliphatic imine (C=N–C) groups is 1. The molecule has 2 heterocycles. The maximum absolute atomic E-state index is 11.6. The Hall–Kier alpha value is -0.910. The summed E-state index contributed by atoms with van der Waals surface area (Å²) in [7, 11) is -3.14. The Kier molecular flexibility index (Phi) is 10.3. The minimum atomic E-state index is -3.14. The van der Waals surface area contributed by atoms with Gasteiger partial charge in [-0.25, -0.2) is 8.42 Å². The second kappa shape index (κ2) is 12.2. The van der Waals surface area contributed by atoms with Crippen LogP contribution in [0.25, 0.3) is 0 Å². The van der Waals surface area contributed by atoms with Crippen LogP contribution in [0.2, 0.25) is 0 Å². The third-order valence-corrected chi connectivity index (χ3v) is 6.68. The van der Waals surface area contributed by atoms with E-state index in [1.807, 2.05) is 12.1 Å². The van der Waals surface area contributed by atoms with E-state index in [1.165, 1.54) is 12.7 Å². The van der Waals surface area contributed by atoms with E-state index in [0.29, 0.717) is 17.4 Å². The summed E-state index contributed by atoms with van der Waals surface area (Å²) in [6.45, 7) is 10.7. The van der Waals surface area contributed by atoms with Gasteiger partial charge in [-0.05, 0) is 43.4 Å². The summed E-state index contributed by atoms with van der Waals surface area (Å²) >= 11 is 0. The quantitative estimate of drug-likeness (QED) is 0.318. The lowest BCUT2D eigenvalue weighted by atomic mass is 10.1. The summed E-state index contributed by atoms with van der Waals surface area (Å²) in [5.41, 5.74) is 1.10.